The molecule has 0 saturated carbocycles. The Morgan fingerprint density at radius 3 is 1.74 bits per heavy atom. The molecule has 0 radical (unpaired) electrons. The minimum atomic E-state index is -4.94. The van der Waals surface area contributed by atoms with Crippen molar-refractivity contribution in [3.05, 3.63) is 179 Å². The third-order valence-corrected chi connectivity index (χ3v) is 9.73. The van der Waals surface area contributed by atoms with Gasteiger partial charge in [0.1, 0.15) is 7.05 Å². The molecule has 2 aliphatic carbocycles. The number of benzene rings is 4. The van der Waals surface area contributed by atoms with Crippen molar-refractivity contribution in [2.24, 2.45) is 7.05 Å². The first-order chi connectivity index (χ1) is 24.2. The summed E-state index contributed by atoms with van der Waals surface area (Å²) in [7, 11) is -0.438. The molecular weight excluding hydrogens is 644 g/mol. The second kappa shape index (κ2) is 14.0. The van der Waals surface area contributed by atoms with Crippen LogP contribution in [-0.4, -0.2) is 11.9 Å². The largest absolute Gasteiger partial charge is 0.344 e. The maximum atomic E-state index is 8.49. The number of hydrogen-bond donors (Lipinski definition) is 0. The average Bonchev–Trinajstić information content (AvgIpc) is 3.75. The Bertz CT molecular complexity index is 2150. The molecule has 7 heteroatoms. The predicted molar refractivity (Wildman–Crippen MR) is 187 cm³/mol. The van der Waals surface area contributed by atoms with Crippen LogP contribution in [0.15, 0.2) is 156 Å². The van der Waals surface area contributed by atoms with Crippen molar-refractivity contribution in [2.75, 3.05) is 7.05 Å². The molecule has 250 valence electrons. The van der Waals surface area contributed by atoms with Gasteiger partial charge in [0.05, 0.1) is 0 Å². The maximum absolute atomic E-state index is 8.49. The standard InChI is InChI=1S/C43H37N2.ClHO4/c1-44-40(32-19-11-5-12-20-32)28-38(30-15-7-3-8-16-30)36-25-23-34(42(36)44)27-35-24-26-37-39(31-17-9-4-10-18-31)29-41(45(2)43(35)37)33-21-13-6-14-22-33;2-1(3,4)5/h3-22,27-29H,23-26H2,1-2H3;(H,2,3,4,5)/q+1;/p-1. The van der Waals surface area contributed by atoms with Crippen molar-refractivity contribution >= 4 is 16.8 Å². The lowest BCUT2D eigenvalue weighted by atomic mass is 9.91. The Balaban J connectivity index is 0.000000734. The first-order valence-corrected chi connectivity index (χ1v) is 17.9. The van der Waals surface area contributed by atoms with Gasteiger partial charge in [-0.2, -0.15) is 4.57 Å². The highest BCUT2D eigenvalue weighted by Crippen LogP contribution is 2.47. The molecule has 1 aliphatic heterocycles. The van der Waals surface area contributed by atoms with E-state index in [2.05, 4.69) is 163 Å². The smallest absolute Gasteiger partial charge is 0.213 e. The van der Waals surface area contributed by atoms with Crippen LogP contribution in [0.25, 0.3) is 39.2 Å². The zero-order valence-corrected chi connectivity index (χ0v) is 28.8. The topological polar surface area (TPSA) is 99.4 Å². The molecule has 0 spiro atoms. The quantitative estimate of drug-likeness (QED) is 0.246. The lowest BCUT2D eigenvalue weighted by molar-refractivity contribution is -2.00. The van der Waals surface area contributed by atoms with Crippen molar-refractivity contribution in [3.8, 4) is 22.4 Å². The van der Waals surface area contributed by atoms with Gasteiger partial charge >= 0.3 is 0 Å². The highest BCUT2D eigenvalue weighted by atomic mass is 35.7. The number of halogens is 1. The summed E-state index contributed by atoms with van der Waals surface area (Å²) >= 11 is 0. The normalized spacial score (nSPS) is 16.2. The van der Waals surface area contributed by atoms with E-state index >= 15 is 0 Å². The molecule has 0 amide bonds. The molecular formula is C43H37ClN2O4. The van der Waals surface area contributed by atoms with E-state index in [1.807, 2.05) is 0 Å². The lowest BCUT2D eigenvalue weighted by Crippen LogP contribution is -2.68. The summed E-state index contributed by atoms with van der Waals surface area (Å²) in [5.41, 5.74) is 18.8. The van der Waals surface area contributed by atoms with Gasteiger partial charge in [0.2, 0.25) is 11.4 Å². The predicted octanol–water partition coefficient (Wildman–Crippen LogP) is 4.91. The Labute approximate surface area is 295 Å². The van der Waals surface area contributed by atoms with E-state index in [1.165, 1.54) is 78.5 Å². The third kappa shape index (κ3) is 6.85. The van der Waals surface area contributed by atoms with E-state index in [0.717, 1.165) is 25.7 Å². The number of aromatic nitrogens is 1. The Morgan fingerprint density at radius 1 is 0.640 bits per heavy atom. The second-order valence-corrected chi connectivity index (χ2v) is 13.5. The summed E-state index contributed by atoms with van der Waals surface area (Å²) in [6.07, 6.45) is 9.16. The molecule has 0 bridgehead atoms. The van der Waals surface area contributed by atoms with Crippen LogP contribution in [0, 0.1) is 10.2 Å². The minimum Gasteiger partial charge on any atom is -0.344 e. The first-order valence-electron chi connectivity index (χ1n) is 16.7. The number of likely N-dealkylation sites (N-methyl/N-ethyl adjacent to an activating group) is 1. The van der Waals surface area contributed by atoms with E-state index in [0.29, 0.717) is 0 Å². The number of hydrogen-bond acceptors (Lipinski definition) is 5. The molecule has 8 rings (SSSR count). The fourth-order valence-corrected chi connectivity index (χ4v) is 7.64. The Kier molecular flexibility index (Phi) is 9.38. The van der Waals surface area contributed by atoms with Crippen molar-refractivity contribution in [3.63, 3.8) is 0 Å². The van der Waals surface area contributed by atoms with Gasteiger partial charge < -0.3 is 4.90 Å². The van der Waals surface area contributed by atoms with Crippen molar-refractivity contribution < 1.29 is 33.4 Å². The summed E-state index contributed by atoms with van der Waals surface area (Å²) in [6, 6.07) is 45.9. The van der Waals surface area contributed by atoms with Crippen LogP contribution in [0.4, 0.5) is 0 Å². The monoisotopic (exact) mass is 680 g/mol. The van der Waals surface area contributed by atoms with E-state index in [9.17, 15) is 0 Å². The van der Waals surface area contributed by atoms with Gasteiger partial charge in [-0.3, -0.25) is 0 Å². The van der Waals surface area contributed by atoms with E-state index < -0.39 is 10.2 Å². The van der Waals surface area contributed by atoms with Crippen LogP contribution < -0.4 is 23.2 Å². The Morgan fingerprint density at radius 2 is 1.16 bits per heavy atom. The van der Waals surface area contributed by atoms with Gasteiger partial charge in [0.25, 0.3) is 0 Å². The van der Waals surface area contributed by atoms with Crippen LogP contribution in [0.3, 0.4) is 0 Å². The lowest BCUT2D eigenvalue weighted by Gasteiger charge is -2.32. The van der Waals surface area contributed by atoms with Gasteiger partial charge in [0, 0.05) is 41.2 Å². The fourth-order valence-electron chi connectivity index (χ4n) is 7.64. The van der Waals surface area contributed by atoms with Crippen LogP contribution in [0.5, 0.6) is 0 Å². The molecule has 0 fully saturated rings. The molecule has 1 aromatic heterocycles. The molecule has 50 heavy (non-hydrogen) atoms. The molecule has 0 unspecified atom stereocenters. The summed E-state index contributed by atoms with van der Waals surface area (Å²) in [6.45, 7) is 0. The highest BCUT2D eigenvalue weighted by Gasteiger charge is 2.35. The van der Waals surface area contributed by atoms with E-state index in [-0.39, 0.29) is 0 Å². The van der Waals surface area contributed by atoms with Crippen LogP contribution in [-0.2, 0) is 13.5 Å². The van der Waals surface area contributed by atoms with E-state index in [4.69, 9.17) is 18.6 Å². The van der Waals surface area contributed by atoms with Crippen LogP contribution in [0.2, 0.25) is 0 Å². The summed E-state index contributed by atoms with van der Waals surface area (Å²) in [5.74, 6) is 0. The molecule has 2 heterocycles. The zero-order chi connectivity index (χ0) is 34.8. The van der Waals surface area contributed by atoms with Crippen molar-refractivity contribution in [2.45, 2.75) is 25.7 Å². The average molecular weight is 681 g/mol. The number of pyridine rings is 1. The molecule has 5 aromatic rings. The fraction of sp³-hybridized carbons (Fsp3) is 0.140. The number of allylic oxidation sites excluding steroid dienone is 6. The third-order valence-electron chi connectivity index (χ3n) is 9.73. The summed E-state index contributed by atoms with van der Waals surface area (Å²) in [4.78, 5) is 2.45. The number of fused-ring (bicyclic) bond motifs is 2. The molecule has 0 N–H and O–H groups in total. The van der Waals surface area contributed by atoms with Crippen molar-refractivity contribution in [1.82, 2.24) is 4.90 Å². The zero-order valence-electron chi connectivity index (χ0n) is 28.0. The van der Waals surface area contributed by atoms with Crippen LogP contribution >= 0.6 is 0 Å². The van der Waals surface area contributed by atoms with Gasteiger partial charge in [-0.05, 0) is 88.9 Å². The molecule has 6 nitrogen and oxygen atoms in total. The highest BCUT2D eigenvalue weighted by molar-refractivity contribution is 5.92. The maximum Gasteiger partial charge on any atom is 0.213 e. The summed E-state index contributed by atoms with van der Waals surface area (Å²) in [5, 5.41) is 0. The Hall–Kier alpha value is -5.08. The molecule has 0 atom stereocenters. The first kappa shape index (κ1) is 33.4. The van der Waals surface area contributed by atoms with E-state index in [1.54, 1.807) is 0 Å². The van der Waals surface area contributed by atoms with Gasteiger partial charge in [-0.1, -0.05) is 109 Å². The van der Waals surface area contributed by atoms with Gasteiger partial charge in [-0.25, -0.2) is 18.6 Å². The van der Waals surface area contributed by atoms with Gasteiger partial charge in [-0.15, -0.1) is 10.2 Å². The molecule has 3 aliphatic rings. The summed E-state index contributed by atoms with van der Waals surface area (Å²) < 4.78 is 36.4. The number of rotatable bonds is 5. The van der Waals surface area contributed by atoms with Crippen molar-refractivity contribution in [1.29, 1.82) is 0 Å². The minimum absolute atomic E-state index is 1.05. The number of nitrogens with zero attached hydrogens (tertiary/aromatic N) is 2. The van der Waals surface area contributed by atoms with Gasteiger partial charge in [0.15, 0.2) is 0 Å². The second-order valence-electron chi connectivity index (χ2n) is 12.7. The molecule has 0 saturated heterocycles. The van der Waals surface area contributed by atoms with Crippen LogP contribution in [0.1, 0.15) is 41.6 Å². The molecule has 4 aromatic carbocycles. The SMILES string of the molecule is CN1C(c2ccccc2)=CC(c2ccccc2)=C2CCC(/C=C3\CCc4c(-c5ccccc5)cc(-c5ccccc5)[n+](C)c43)=C21.[O-][Cl+3]([O-])([O-])[O-].